The lowest BCUT2D eigenvalue weighted by Crippen LogP contribution is -2.58. The summed E-state index contributed by atoms with van der Waals surface area (Å²) in [6.07, 6.45) is 9.39. The average Bonchev–Trinajstić information content (AvgIpc) is 2.99. The molecule has 12 atom stereocenters. The van der Waals surface area contributed by atoms with Gasteiger partial charge in [0.1, 0.15) is 0 Å². The highest BCUT2D eigenvalue weighted by molar-refractivity contribution is 5.13. The zero-order valence-electron chi connectivity index (χ0n) is 20.3. The van der Waals surface area contributed by atoms with Crippen LogP contribution in [-0.4, -0.2) is 45.3 Å². The molecule has 4 N–H and O–H groups in total. The van der Waals surface area contributed by atoms with E-state index >= 15 is 0 Å². The largest absolute Gasteiger partial charge is 0.396 e. The van der Waals surface area contributed by atoms with E-state index in [1.807, 2.05) is 0 Å². The number of rotatable bonds is 6. The van der Waals surface area contributed by atoms with E-state index in [0.717, 1.165) is 64.2 Å². The molecule has 1 unspecified atom stereocenters. The monoisotopic (exact) mass is 436 g/mol. The molecule has 4 rings (SSSR count). The van der Waals surface area contributed by atoms with Crippen molar-refractivity contribution >= 4 is 0 Å². The number of aliphatic hydroxyl groups is 4. The van der Waals surface area contributed by atoms with Crippen LogP contribution in [0.15, 0.2) is 0 Å². The first-order valence-electron chi connectivity index (χ1n) is 13.3. The van der Waals surface area contributed by atoms with Crippen molar-refractivity contribution in [1.82, 2.24) is 0 Å². The van der Waals surface area contributed by atoms with E-state index in [-0.39, 0.29) is 35.7 Å². The van der Waals surface area contributed by atoms with Crippen LogP contribution < -0.4 is 0 Å². The molecule has 0 spiro atoms. The highest BCUT2D eigenvalue weighted by Crippen LogP contribution is 2.68. The second-order valence-corrected chi connectivity index (χ2v) is 12.8. The van der Waals surface area contributed by atoms with Crippen LogP contribution in [0.2, 0.25) is 0 Å². The van der Waals surface area contributed by atoms with Gasteiger partial charge in [0.2, 0.25) is 0 Å². The van der Waals surface area contributed by atoms with Gasteiger partial charge in [-0.05, 0) is 104 Å². The molecular formula is C27H48O4. The zero-order chi connectivity index (χ0) is 22.6. The van der Waals surface area contributed by atoms with E-state index in [1.165, 1.54) is 0 Å². The Bertz CT molecular complexity index is 624. The molecule has 4 fully saturated rings. The predicted molar refractivity (Wildman–Crippen MR) is 123 cm³/mol. The molecule has 4 aliphatic rings. The highest BCUT2D eigenvalue weighted by Gasteiger charge is 2.64. The summed E-state index contributed by atoms with van der Waals surface area (Å²) >= 11 is 0. The molecule has 0 aromatic rings. The third-order valence-electron chi connectivity index (χ3n) is 11.0. The summed E-state index contributed by atoms with van der Waals surface area (Å²) in [5.74, 6) is 2.82. The topological polar surface area (TPSA) is 80.9 Å². The Morgan fingerprint density at radius 3 is 2.26 bits per heavy atom. The van der Waals surface area contributed by atoms with Crippen LogP contribution in [0.1, 0.15) is 91.9 Å². The van der Waals surface area contributed by atoms with Gasteiger partial charge in [0.15, 0.2) is 0 Å². The van der Waals surface area contributed by atoms with Gasteiger partial charge in [-0.25, -0.2) is 0 Å². The maximum Gasteiger partial charge on any atom is 0.0579 e. The highest BCUT2D eigenvalue weighted by atomic mass is 16.3. The first kappa shape index (κ1) is 24.0. The first-order chi connectivity index (χ1) is 14.6. The summed E-state index contributed by atoms with van der Waals surface area (Å²) in [7, 11) is 0. The van der Waals surface area contributed by atoms with E-state index in [9.17, 15) is 20.4 Å². The lowest BCUT2D eigenvalue weighted by Gasteiger charge is -2.62. The van der Waals surface area contributed by atoms with Crippen LogP contribution in [0.25, 0.3) is 0 Å². The first-order valence-corrected chi connectivity index (χ1v) is 13.3. The number of aliphatic hydroxyl groups excluding tert-OH is 4. The van der Waals surface area contributed by atoms with Gasteiger partial charge in [0.25, 0.3) is 0 Å². The minimum Gasteiger partial charge on any atom is -0.396 e. The van der Waals surface area contributed by atoms with E-state index in [4.69, 9.17) is 0 Å². The molecule has 4 nitrogen and oxygen atoms in total. The Hall–Kier alpha value is -0.160. The molecule has 4 aliphatic carbocycles. The third-order valence-corrected chi connectivity index (χ3v) is 11.0. The Kier molecular flexibility index (Phi) is 6.88. The lowest BCUT2D eigenvalue weighted by atomic mass is 9.43. The van der Waals surface area contributed by atoms with Crippen molar-refractivity contribution in [1.29, 1.82) is 0 Å². The fourth-order valence-electron chi connectivity index (χ4n) is 9.34. The number of hydrogen-bond donors (Lipinski definition) is 4. The van der Waals surface area contributed by atoms with Crippen LogP contribution in [0.5, 0.6) is 0 Å². The summed E-state index contributed by atoms with van der Waals surface area (Å²) in [5.41, 5.74) is 0.348. The average molecular weight is 437 g/mol. The molecule has 0 aromatic carbocycles. The van der Waals surface area contributed by atoms with Crippen molar-refractivity contribution in [3.05, 3.63) is 0 Å². The van der Waals surface area contributed by atoms with Gasteiger partial charge in [0, 0.05) is 6.61 Å². The number of fused-ring (bicyclic) bond motifs is 5. The van der Waals surface area contributed by atoms with Crippen molar-refractivity contribution in [2.45, 2.75) is 110 Å². The van der Waals surface area contributed by atoms with Crippen LogP contribution in [0, 0.1) is 52.3 Å². The molecule has 0 heterocycles. The van der Waals surface area contributed by atoms with Gasteiger partial charge in [-0.1, -0.05) is 40.5 Å². The number of hydrogen-bond acceptors (Lipinski definition) is 4. The van der Waals surface area contributed by atoms with Crippen molar-refractivity contribution in [2.75, 3.05) is 6.61 Å². The summed E-state index contributed by atoms with van der Waals surface area (Å²) in [6.45, 7) is 9.57. The van der Waals surface area contributed by atoms with Gasteiger partial charge >= 0.3 is 0 Å². The second kappa shape index (κ2) is 8.89. The van der Waals surface area contributed by atoms with Crippen molar-refractivity contribution in [3.8, 4) is 0 Å². The maximum absolute atomic E-state index is 11.4. The second-order valence-electron chi connectivity index (χ2n) is 12.8. The normalized spacial score (nSPS) is 51.5. The van der Waals surface area contributed by atoms with Crippen LogP contribution in [0.4, 0.5) is 0 Å². The van der Waals surface area contributed by atoms with Gasteiger partial charge in [0.05, 0.1) is 18.3 Å². The van der Waals surface area contributed by atoms with E-state index in [0.29, 0.717) is 41.4 Å². The van der Waals surface area contributed by atoms with Crippen LogP contribution >= 0.6 is 0 Å². The van der Waals surface area contributed by atoms with Crippen LogP contribution in [0.3, 0.4) is 0 Å². The Morgan fingerprint density at radius 2 is 1.55 bits per heavy atom. The molecule has 31 heavy (non-hydrogen) atoms. The Labute approximate surface area is 189 Å². The fourth-order valence-corrected chi connectivity index (χ4v) is 9.34. The molecule has 0 radical (unpaired) electrons. The minimum absolute atomic E-state index is 0.112. The molecular weight excluding hydrogens is 388 g/mol. The quantitative estimate of drug-likeness (QED) is 0.498. The lowest BCUT2D eigenvalue weighted by molar-refractivity contribution is -0.174. The standard InChI is InChI=1S/C27H48O4/c1-16(15-28)6-5-7-17(2)25-23(31)14-21-24-20(9-11-27(21,25)4)26(3)10-8-19(29)12-18(26)13-22(24)30/h16-25,28-31H,5-15H2,1-4H3/t16?,17-,18-,19-,20+,21+,22-,23-,24-,25+,26+,27+/m1/s1. The minimum atomic E-state index is -0.287. The van der Waals surface area contributed by atoms with E-state index < -0.39 is 0 Å². The Balaban J connectivity index is 1.52. The van der Waals surface area contributed by atoms with Crippen molar-refractivity contribution in [3.63, 3.8) is 0 Å². The molecule has 180 valence electrons. The summed E-state index contributed by atoms with van der Waals surface area (Å²) < 4.78 is 0. The molecule has 0 amide bonds. The molecule has 0 saturated heterocycles. The van der Waals surface area contributed by atoms with E-state index in [1.54, 1.807) is 0 Å². The van der Waals surface area contributed by atoms with Gasteiger partial charge in [-0.15, -0.1) is 0 Å². The van der Waals surface area contributed by atoms with E-state index in [2.05, 4.69) is 27.7 Å². The molecule has 0 aliphatic heterocycles. The summed E-state index contributed by atoms with van der Waals surface area (Å²) in [4.78, 5) is 0. The van der Waals surface area contributed by atoms with Crippen molar-refractivity contribution in [2.24, 2.45) is 52.3 Å². The molecule has 0 aromatic heterocycles. The fraction of sp³-hybridized carbons (Fsp3) is 1.00. The predicted octanol–water partition coefficient (Wildman–Crippen LogP) is 4.38. The molecule has 4 heteroatoms. The molecule has 4 saturated carbocycles. The Morgan fingerprint density at radius 1 is 0.839 bits per heavy atom. The summed E-state index contributed by atoms with van der Waals surface area (Å²) in [6, 6.07) is 0. The van der Waals surface area contributed by atoms with Gasteiger partial charge in [-0.2, -0.15) is 0 Å². The third kappa shape index (κ3) is 4.02. The molecule has 0 bridgehead atoms. The maximum atomic E-state index is 11.4. The van der Waals surface area contributed by atoms with Crippen molar-refractivity contribution < 1.29 is 20.4 Å². The smallest absolute Gasteiger partial charge is 0.0579 e. The SMILES string of the molecule is CC(CO)CCC[C@@H](C)[C@H]1[C@H](O)C[C@H]2[C@@H]3[C@H](O)C[C@H]4C[C@H](O)CC[C@]4(C)[C@H]3CC[C@]12C. The summed E-state index contributed by atoms with van der Waals surface area (Å²) in [5, 5.41) is 42.2. The van der Waals surface area contributed by atoms with Gasteiger partial charge < -0.3 is 20.4 Å². The van der Waals surface area contributed by atoms with Gasteiger partial charge in [-0.3, -0.25) is 0 Å². The zero-order valence-corrected chi connectivity index (χ0v) is 20.3. The van der Waals surface area contributed by atoms with Crippen LogP contribution in [-0.2, 0) is 0 Å².